The van der Waals surface area contributed by atoms with Crippen molar-refractivity contribution in [2.45, 2.75) is 46.2 Å². The lowest BCUT2D eigenvalue weighted by Gasteiger charge is -2.14. The molecular weight excluding hydrogens is 462 g/mol. The maximum Gasteiger partial charge on any atom is 0.338 e. The van der Waals surface area contributed by atoms with Crippen LogP contribution in [0.3, 0.4) is 0 Å². The van der Waals surface area contributed by atoms with Gasteiger partial charge in [0, 0.05) is 24.7 Å². The van der Waals surface area contributed by atoms with Crippen molar-refractivity contribution in [3.05, 3.63) is 111 Å². The molecule has 6 heteroatoms. The van der Waals surface area contributed by atoms with Crippen molar-refractivity contribution in [1.82, 2.24) is 14.1 Å². The zero-order valence-corrected chi connectivity index (χ0v) is 21.5. The van der Waals surface area contributed by atoms with E-state index in [1.54, 1.807) is 6.07 Å². The molecule has 0 spiro atoms. The standard InChI is InChI=1S/C31H31N3O3/c1-4-5-10-29-32-27-13-11-21(2)17-26(27)30(35)34(29)19-22-12-14-28-23(18-22)15-16-33(28)20-24-8-6-7-9-25(24)31(36)37-3/h6-9,11-18H,4-5,10,19-20H2,1-3H3. The van der Waals surface area contributed by atoms with Gasteiger partial charge in [-0.2, -0.15) is 0 Å². The fourth-order valence-corrected chi connectivity index (χ4v) is 4.89. The minimum atomic E-state index is -0.335. The number of esters is 1. The summed E-state index contributed by atoms with van der Waals surface area (Å²) in [7, 11) is 1.40. The molecule has 0 radical (unpaired) electrons. The molecule has 3 aromatic carbocycles. The predicted octanol–water partition coefficient (Wildman–Crippen LogP) is 5.89. The molecule has 0 N–H and O–H groups in total. The van der Waals surface area contributed by atoms with E-state index in [0.29, 0.717) is 24.0 Å². The Morgan fingerprint density at radius 2 is 1.84 bits per heavy atom. The van der Waals surface area contributed by atoms with Crippen molar-refractivity contribution in [1.29, 1.82) is 0 Å². The van der Waals surface area contributed by atoms with Gasteiger partial charge in [0.05, 0.1) is 30.1 Å². The largest absolute Gasteiger partial charge is 0.465 e. The number of fused-ring (bicyclic) bond motifs is 2. The number of benzene rings is 3. The summed E-state index contributed by atoms with van der Waals surface area (Å²) in [5.41, 5.74) is 5.41. The minimum Gasteiger partial charge on any atom is -0.465 e. The second kappa shape index (κ2) is 10.4. The van der Waals surface area contributed by atoms with E-state index in [2.05, 4.69) is 35.8 Å². The second-order valence-electron chi connectivity index (χ2n) is 9.53. The highest BCUT2D eigenvalue weighted by molar-refractivity contribution is 5.91. The number of unbranched alkanes of at least 4 members (excludes halogenated alkanes) is 1. The normalized spacial score (nSPS) is 11.3. The van der Waals surface area contributed by atoms with Crippen LogP contribution in [-0.4, -0.2) is 27.2 Å². The maximum atomic E-state index is 13.5. The summed E-state index contributed by atoms with van der Waals surface area (Å²) in [5.74, 6) is 0.498. The monoisotopic (exact) mass is 493 g/mol. The first-order valence-corrected chi connectivity index (χ1v) is 12.7. The molecule has 37 heavy (non-hydrogen) atoms. The van der Waals surface area contributed by atoms with E-state index in [1.165, 1.54) is 7.11 Å². The Morgan fingerprint density at radius 1 is 1.00 bits per heavy atom. The van der Waals surface area contributed by atoms with E-state index in [9.17, 15) is 9.59 Å². The van der Waals surface area contributed by atoms with Crippen LogP contribution in [0.2, 0.25) is 0 Å². The molecule has 0 atom stereocenters. The average molecular weight is 494 g/mol. The molecule has 188 valence electrons. The molecule has 0 amide bonds. The van der Waals surface area contributed by atoms with Crippen molar-refractivity contribution in [2.24, 2.45) is 0 Å². The van der Waals surface area contributed by atoms with Crippen LogP contribution < -0.4 is 5.56 Å². The summed E-state index contributed by atoms with van der Waals surface area (Å²) in [6.45, 7) is 5.18. The predicted molar refractivity (Wildman–Crippen MR) is 147 cm³/mol. The lowest BCUT2D eigenvalue weighted by atomic mass is 10.1. The van der Waals surface area contributed by atoms with Crippen molar-refractivity contribution >= 4 is 27.8 Å². The van der Waals surface area contributed by atoms with Crippen molar-refractivity contribution in [3.63, 3.8) is 0 Å². The Morgan fingerprint density at radius 3 is 2.65 bits per heavy atom. The van der Waals surface area contributed by atoms with Gasteiger partial charge in [-0.3, -0.25) is 9.36 Å². The summed E-state index contributed by atoms with van der Waals surface area (Å²) < 4.78 is 8.91. The van der Waals surface area contributed by atoms with Crippen molar-refractivity contribution in [2.75, 3.05) is 7.11 Å². The number of ether oxygens (including phenoxy) is 1. The van der Waals surface area contributed by atoms with Gasteiger partial charge in [0.1, 0.15) is 5.82 Å². The topological polar surface area (TPSA) is 66.1 Å². The van der Waals surface area contributed by atoms with Crippen molar-refractivity contribution in [3.8, 4) is 0 Å². The van der Waals surface area contributed by atoms with Crippen LogP contribution in [0.4, 0.5) is 0 Å². The Bertz CT molecular complexity index is 1660. The number of hydrogen-bond donors (Lipinski definition) is 0. The van der Waals surface area contributed by atoms with E-state index < -0.39 is 0 Å². The summed E-state index contributed by atoms with van der Waals surface area (Å²) in [6, 6.07) is 21.8. The first-order valence-electron chi connectivity index (χ1n) is 12.7. The summed E-state index contributed by atoms with van der Waals surface area (Å²) in [6.07, 6.45) is 4.83. The van der Waals surface area contributed by atoms with Crippen molar-refractivity contribution < 1.29 is 9.53 Å². The van der Waals surface area contributed by atoms with Gasteiger partial charge in [-0.05, 0) is 66.3 Å². The van der Waals surface area contributed by atoms with Gasteiger partial charge >= 0.3 is 5.97 Å². The molecule has 0 saturated heterocycles. The maximum absolute atomic E-state index is 13.5. The minimum absolute atomic E-state index is 0.0110. The Kier molecular flexibility index (Phi) is 6.91. The van der Waals surface area contributed by atoms with Gasteiger partial charge in [0.2, 0.25) is 0 Å². The number of nitrogens with zero attached hydrogens (tertiary/aromatic N) is 3. The fourth-order valence-electron chi connectivity index (χ4n) is 4.89. The number of aromatic nitrogens is 3. The molecule has 6 nitrogen and oxygen atoms in total. The molecule has 0 aliphatic heterocycles. The van der Waals surface area contributed by atoms with Gasteiger partial charge in [-0.25, -0.2) is 9.78 Å². The highest BCUT2D eigenvalue weighted by atomic mass is 16.5. The number of carbonyl (C=O) groups excluding carboxylic acids is 1. The third-order valence-electron chi connectivity index (χ3n) is 6.88. The highest BCUT2D eigenvalue weighted by Crippen LogP contribution is 2.22. The molecule has 2 heterocycles. The number of methoxy groups -OCH3 is 1. The zero-order chi connectivity index (χ0) is 25.9. The number of aryl methyl sites for hydroxylation is 2. The Hall–Kier alpha value is -4.19. The van der Waals surface area contributed by atoms with Crippen LogP contribution in [0.5, 0.6) is 0 Å². The SMILES string of the molecule is CCCCc1nc2ccc(C)cc2c(=O)n1Cc1ccc2c(ccn2Cc2ccccc2C(=O)OC)c1. The fraction of sp³-hybridized carbons (Fsp3) is 0.258. The highest BCUT2D eigenvalue weighted by Gasteiger charge is 2.14. The molecule has 2 aromatic heterocycles. The van der Waals surface area contributed by atoms with Gasteiger partial charge in [0.15, 0.2) is 0 Å². The van der Waals surface area contributed by atoms with Crippen LogP contribution in [0.1, 0.15) is 52.6 Å². The Labute approximate surface area is 216 Å². The number of hydrogen-bond acceptors (Lipinski definition) is 4. The van der Waals surface area contributed by atoms with Crippen LogP contribution in [0.15, 0.2) is 77.7 Å². The number of carbonyl (C=O) groups is 1. The molecule has 0 aliphatic carbocycles. The van der Waals surface area contributed by atoms with Crippen LogP contribution in [0.25, 0.3) is 21.8 Å². The molecule has 0 aliphatic rings. The van der Waals surface area contributed by atoms with E-state index in [1.807, 2.05) is 54.1 Å². The van der Waals surface area contributed by atoms with E-state index in [0.717, 1.165) is 58.2 Å². The molecule has 0 unspecified atom stereocenters. The van der Waals surface area contributed by atoms with E-state index in [-0.39, 0.29) is 11.5 Å². The molecule has 0 fully saturated rings. The van der Waals surface area contributed by atoms with Crippen LogP contribution in [-0.2, 0) is 24.2 Å². The smallest absolute Gasteiger partial charge is 0.338 e. The lowest BCUT2D eigenvalue weighted by molar-refractivity contribution is 0.0599. The summed E-state index contributed by atoms with van der Waals surface area (Å²) in [4.78, 5) is 30.6. The van der Waals surface area contributed by atoms with E-state index >= 15 is 0 Å². The molecule has 0 bridgehead atoms. The van der Waals surface area contributed by atoms with Gasteiger partial charge in [-0.1, -0.05) is 49.2 Å². The van der Waals surface area contributed by atoms with Crippen LogP contribution >= 0.6 is 0 Å². The number of rotatable bonds is 8. The zero-order valence-electron chi connectivity index (χ0n) is 21.5. The van der Waals surface area contributed by atoms with Crippen LogP contribution in [0, 0.1) is 6.92 Å². The van der Waals surface area contributed by atoms with Gasteiger partial charge < -0.3 is 9.30 Å². The summed E-state index contributed by atoms with van der Waals surface area (Å²) in [5, 5.41) is 1.75. The first kappa shape index (κ1) is 24.5. The van der Waals surface area contributed by atoms with Gasteiger partial charge in [-0.15, -0.1) is 0 Å². The molecular formula is C31H31N3O3. The third kappa shape index (κ3) is 4.92. The first-order chi connectivity index (χ1) is 18.0. The molecule has 0 saturated carbocycles. The summed E-state index contributed by atoms with van der Waals surface area (Å²) >= 11 is 0. The Balaban J connectivity index is 1.49. The second-order valence-corrected chi connectivity index (χ2v) is 9.53. The third-order valence-corrected chi connectivity index (χ3v) is 6.88. The quantitative estimate of drug-likeness (QED) is 0.253. The van der Waals surface area contributed by atoms with Gasteiger partial charge in [0.25, 0.3) is 5.56 Å². The average Bonchev–Trinajstić information content (AvgIpc) is 3.31. The van der Waals surface area contributed by atoms with E-state index in [4.69, 9.17) is 9.72 Å². The lowest BCUT2D eigenvalue weighted by Crippen LogP contribution is -2.26. The molecule has 5 aromatic rings. The molecule has 5 rings (SSSR count).